The van der Waals surface area contributed by atoms with Crippen molar-refractivity contribution in [2.24, 2.45) is 0 Å². The molecule has 0 aliphatic rings. The van der Waals surface area contributed by atoms with Crippen molar-refractivity contribution in [2.45, 2.75) is 12.7 Å². The SMILES string of the molecule is CCOc1ccccc1NC(=O)CSCc1ccc(Cl)cc1F. The first-order valence-electron chi connectivity index (χ1n) is 7.13. The van der Waals surface area contributed by atoms with Crippen LogP contribution in [0.3, 0.4) is 0 Å². The molecule has 122 valence electrons. The van der Waals surface area contributed by atoms with E-state index in [1.165, 1.54) is 17.8 Å². The van der Waals surface area contributed by atoms with E-state index < -0.39 is 0 Å². The molecule has 0 unspecified atom stereocenters. The number of halogens is 2. The van der Waals surface area contributed by atoms with Crippen LogP contribution in [0.25, 0.3) is 0 Å². The molecule has 3 nitrogen and oxygen atoms in total. The average molecular weight is 354 g/mol. The van der Waals surface area contributed by atoms with E-state index in [4.69, 9.17) is 16.3 Å². The molecule has 0 aromatic heterocycles. The Morgan fingerprint density at radius 3 is 2.83 bits per heavy atom. The molecule has 6 heteroatoms. The quantitative estimate of drug-likeness (QED) is 0.780. The third-order valence-corrected chi connectivity index (χ3v) is 4.18. The largest absolute Gasteiger partial charge is 0.492 e. The second-order valence-electron chi connectivity index (χ2n) is 4.71. The Kier molecular flexibility index (Phi) is 6.74. The van der Waals surface area contributed by atoms with Gasteiger partial charge in [0.2, 0.25) is 5.91 Å². The number of rotatable bonds is 7. The van der Waals surface area contributed by atoms with Gasteiger partial charge >= 0.3 is 0 Å². The summed E-state index contributed by atoms with van der Waals surface area (Å²) in [5.74, 6) is 0.757. The molecule has 2 aromatic carbocycles. The van der Waals surface area contributed by atoms with E-state index in [0.29, 0.717) is 34.4 Å². The predicted molar refractivity (Wildman–Crippen MR) is 93.8 cm³/mol. The Bertz CT molecular complexity index is 681. The van der Waals surface area contributed by atoms with E-state index in [9.17, 15) is 9.18 Å². The number of hydrogen-bond acceptors (Lipinski definition) is 3. The van der Waals surface area contributed by atoms with Crippen LogP contribution in [0.4, 0.5) is 10.1 Å². The standard InChI is InChI=1S/C17H17ClFNO2S/c1-2-22-16-6-4-3-5-15(16)20-17(21)11-23-10-12-7-8-13(18)9-14(12)19/h3-9H,2,10-11H2,1H3,(H,20,21). The van der Waals surface area contributed by atoms with Crippen molar-refractivity contribution in [3.05, 3.63) is 58.9 Å². The van der Waals surface area contributed by atoms with Gasteiger partial charge in [-0.1, -0.05) is 29.8 Å². The van der Waals surface area contributed by atoms with Crippen LogP contribution in [0.15, 0.2) is 42.5 Å². The summed E-state index contributed by atoms with van der Waals surface area (Å²) < 4.78 is 19.1. The van der Waals surface area contributed by atoms with Crippen LogP contribution in [0.2, 0.25) is 5.02 Å². The van der Waals surface area contributed by atoms with E-state index >= 15 is 0 Å². The fourth-order valence-electron chi connectivity index (χ4n) is 1.93. The molecule has 2 aromatic rings. The minimum atomic E-state index is -0.355. The van der Waals surface area contributed by atoms with Gasteiger partial charge in [0.05, 0.1) is 18.0 Å². The van der Waals surface area contributed by atoms with Crippen molar-refractivity contribution in [1.29, 1.82) is 0 Å². The van der Waals surface area contributed by atoms with Crippen LogP contribution in [0.1, 0.15) is 12.5 Å². The topological polar surface area (TPSA) is 38.3 Å². The normalized spacial score (nSPS) is 10.4. The van der Waals surface area contributed by atoms with Crippen LogP contribution < -0.4 is 10.1 Å². The number of ether oxygens (including phenoxy) is 1. The number of hydrogen-bond donors (Lipinski definition) is 1. The number of benzene rings is 2. The fourth-order valence-corrected chi connectivity index (χ4v) is 2.90. The van der Waals surface area contributed by atoms with Gasteiger partial charge in [0.15, 0.2) is 0 Å². The molecule has 0 saturated heterocycles. The fraction of sp³-hybridized carbons (Fsp3) is 0.235. The molecule has 0 fully saturated rings. The van der Waals surface area contributed by atoms with Crippen LogP contribution in [0.5, 0.6) is 5.75 Å². The zero-order chi connectivity index (χ0) is 16.7. The van der Waals surface area contributed by atoms with Gasteiger partial charge in [-0.2, -0.15) is 0 Å². The van der Waals surface area contributed by atoms with Gasteiger partial charge in [0.1, 0.15) is 11.6 Å². The number of nitrogens with one attached hydrogen (secondary N) is 1. The minimum Gasteiger partial charge on any atom is -0.492 e. The summed E-state index contributed by atoms with van der Waals surface area (Å²) in [6, 6.07) is 11.8. The second-order valence-corrected chi connectivity index (χ2v) is 6.13. The number of carbonyl (C=O) groups is 1. The number of anilines is 1. The first kappa shape index (κ1) is 17.6. The van der Waals surface area contributed by atoms with Gasteiger partial charge in [-0.05, 0) is 36.8 Å². The van der Waals surface area contributed by atoms with Crippen LogP contribution >= 0.6 is 23.4 Å². The van der Waals surface area contributed by atoms with Gasteiger partial charge in [0.25, 0.3) is 0 Å². The van der Waals surface area contributed by atoms with Gasteiger partial charge in [-0.15, -0.1) is 11.8 Å². The van der Waals surface area contributed by atoms with E-state index in [1.807, 2.05) is 19.1 Å². The summed E-state index contributed by atoms with van der Waals surface area (Å²) >= 11 is 7.05. The number of thioether (sulfide) groups is 1. The molecule has 0 saturated carbocycles. The van der Waals surface area contributed by atoms with Crippen molar-refractivity contribution in [2.75, 3.05) is 17.7 Å². The number of amides is 1. The molecule has 0 aliphatic heterocycles. The van der Waals surface area contributed by atoms with Gasteiger partial charge in [0, 0.05) is 10.8 Å². The molecule has 0 bridgehead atoms. The number of carbonyl (C=O) groups excluding carboxylic acids is 1. The van der Waals surface area contributed by atoms with Crippen LogP contribution in [-0.2, 0) is 10.5 Å². The third kappa shape index (κ3) is 5.44. The number of para-hydroxylation sites is 2. The summed E-state index contributed by atoms with van der Waals surface area (Å²) in [6.45, 7) is 2.41. The zero-order valence-electron chi connectivity index (χ0n) is 12.6. The third-order valence-electron chi connectivity index (χ3n) is 2.97. The van der Waals surface area contributed by atoms with E-state index in [-0.39, 0.29) is 17.5 Å². The molecule has 0 aliphatic carbocycles. The molecular weight excluding hydrogens is 337 g/mol. The Hall–Kier alpha value is -1.72. The van der Waals surface area contributed by atoms with Gasteiger partial charge in [-0.3, -0.25) is 4.79 Å². The molecule has 0 radical (unpaired) electrons. The summed E-state index contributed by atoms with van der Waals surface area (Å²) in [5, 5.41) is 3.17. The maximum absolute atomic E-state index is 13.6. The van der Waals surface area contributed by atoms with Crippen molar-refractivity contribution in [3.63, 3.8) is 0 Å². The molecule has 1 N–H and O–H groups in total. The molecule has 2 rings (SSSR count). The second kappa shape index (κ2) is 8.79. The lowest BCUT2D eigenvalue weighted by Gasteiger charge is -2.11. The summed E-state index contributed by atoms with van der Waals surface area (Å²) in [4.78, 5) is 12.0. The summed E-state index contributed by atoms with van der Waals surface area (Å²) in [7, 11) is 0. The first-order valence-corrected chi connectivity index (χ1v) is 8.66. The highest BCUT2D eigenvalue weighted by molar-refractivity contribution is 7.99. The van der Waals surface area contributed by atoms with E-state index in [0.717, 1.165) is 0 Å². The highest BCUT2D eigenvalue weighted by atomic mass is 35.5. The molecule has 1 amide bonds. The molecule has 0 heterocycles. The minimum absolute atomic E-state index is 0.156. The van der Waals surface area contributed by atoms with Crippen molar-refractivity contribution in [1.82, 2.24) is 0 Å². The summed E-state index contributed by atoms with van der Waals surface area (Å²) in [5.41, 5.74) is 1.17. The van der Waals surface area contributed by atoms with E-state index in [1.54, 1.807) is 24.3 Å². The maximum Gasteiger partial charge on any atom is 0.234 e. The smallest absolute Gasteiger partial charge is 0.234 e. The Labute approximate surface area is 144 Å². The van der Waals surface area contributed by atoms with Crippen LogP contribution in [-0.4, -0.2) is 18.3 Å². The van der Waals surface area contributed by atoms with Gasteiger partial charge < -0.3 is 10.1 Å². The lowest BCUT2D eigenvalue weighted by molar-refractivity contribution is -0.113. The monoisotopic (exact) mass is 353 g/mol. The maximum atomic E-state index is 13.6. The lowest BCUT2D eigenvalue weighted by Crippen LogP contribution is -2.15. The van der Waals surface area contributed by atoms with E-state index in [2.05, 4.69) is 5.32 Å². The molecular formula is C17H17ClFNO2S. The predicted octanol–water partition coefficient (Wildman–Crippen LogP) is 4.75. The lowest BCUT2D eigenvalue weighted by atomic mass is 10.2. The first-order chi connectivity index (χ1) is 11.1. The highest BCUT2D eigenvalue weighted by Crippen LogP contribution is 2.24. The zero-order valence-corrected chi connectivity index (χ0v) is 14.2. The van der Waals surface area contributed by atoms with Gasteiger partial charge in [-0.25, -0.2) is 4.39 Å². The van der Waals surface area contributed by atoms with Crippen molar-refractivity contribution >= 4 is 35.0 Å². The van der Waals surface area contributed by atoms with Crippen molar-refractivity contribution < 1.29 is 13.9 Å². The molecule has 0 atom stereocenters. The summed E-state index contributed by atoms with van der Waals surface area (Å²) in [6.07, 6.45) is 0. The van der Waals surface area contributed by atoms with Crippen LogP contribution in [0, 0.1) is 5.82 Å². The highest BCUT2D eigenvalue weighted by Gasteiger charge is 2.09. The Morgan fingerprint density at radius 1 is 1.30 bits per heavy atom. The molecule has 0 spiro atoms. The Morgan fingerprint density at radius 2 is 2.09 bits per heavy atom. The Balaban J connectivity index is 1.86. The van der Waals surface area contributed by atoms with Crippen molar-refractivity contribution in [3.8, 4) is 5.75 Å². The average Bonchev–Trinajstić information content (AvgIpc) is 2.52. The molecule has 23 heavy (non-hydrogen) atoms.